The molecule has 0 unspecified atom stereocenters. The molecule has 3 N–H and O–H groups in total. The highest BCUT2D eigenvalue weighted by molar-refractivity contribution is 6.32. The zero-order chi connectivity index (χ0) is 10.6. The number of urea groups is 1. The van der Waals surface area contributed by atoms with Gasteiger partial charge in [0.2, 0.25) is 0 Å². The maximum absolute atomic E-state index is 10.5. The number of hydrogen-bond donors (Lipinski definition) is 2. The van der Waals surface area contributed by atoms with E-state index < -0.39 is 6.03 Å². The molecule has 4 nitrogen and oxygen atoms in total. The minimum atomic E-state index is -0.620. The molecule has 1 aromatic rings. The lowest BCUT2D eigenvalue weighted by atomic mass is 10.3. The van der Waals surface area contributed by atoms with Crippen molar-refractivity contribution in [1.29, 1.82) is 0 Å². The van der Waals surface area contributed by atoms with Crippen LogP contribution in [0.1, 0.15) is 6.92 Å². The third-order valence-electron chi connectivity index (χ3n) is 1.50. The summed E-state index contributed by atoms with van der Waals surface area (Å²) < 4.78 is 5.22. The monoisotopic (exact) mass is 214 g/mol. The van der Waals surface area contributed by atoms with Crippen LogP contribution in [0.15, 0.2) is 18.2 Å². The molecule has 0 atom stereocenters. The summed E-state index contributed by atoms with van der Waals surface area (Å²) in [7, 11) is 0. The van der Waals surface area contributed by atoms with Crippen LogP contribution in [0.3, 0.4) is 0 Å². The Bertz CT molecular complexity index is 342. The number of carbonyl (C=O) groups is 1. The molecule has 0 saturated heterocycles. The molecular formula is C9H11ClN2O2. The third kappa shape index (κ3) is 2.81. The van der Waals surface area contributed by atoms with Crippen LogP contribution in [0, 0.1) is 0 Å². The summed E-state index contributed by atoms with van der Waals surface area (Å²) in [5.41, 5.74) is 5.49. The Morgan fingerprint density at radius 3 is 2.86 bits per heavy atom. The zero-order valence-electron chi connectivity index (χ0n) is 7.71. The Morgan fingerprint density at radius 2 is 2.36 bits per heavy atom. The van der Waals surface area contributed by atoms with E-state index in [1.807, 2.05) is 6.92 Å². The number of rotatable bonds is 3. The van der Waals surface area contributed by atoms with Gasteiger partial charge >= 0.3 is 6.03 Å². The molecule has 14 heavy (non-hydrogen) atoms. The highest BCUT2D eigenvalue weighted by Gasteiger charge is 2.03. The van der Waals surface area contributed by atoms with Crippen molar-refractivity contribution in [2.75, 3.05) is 11.9 Å². The Morgan fingerprint density at radius 1 is 1.64 bits per heavy atom. The highest BCUT2D eigenvalue weighted by Crippen LogP contribution is 2.27. The lowest BCUT2D eigenvalue weighted by Crippen LogP contribution is -2.19. The van der Waals surface area contributed by atoms with Gasteiger partial charge in [-0.15, -0.1) is 0 Å². The lowest BCUT2D eigenvalue weighted by Gasteiger charge is -2.07. The smallest absolute Gasteiger partial charge is 0.316 e. The van der Waals surface area contributed by atoms with E-state index >= 15 is 0 Å². The Labute approximate surface area is 87.0 Å². The highest BCUT2D eigenvalue weighted by atomic mass is 35.5. The molecule has 0 spiro atoms. The van der Waals surface area contributed by atoms with Crippen molar-refractivity contribution in [2.24, 2.45) is 5.73 Å². The van der Waals surface area contributed by atoms with Gasteiger partial charge in [0.1, 0.15) is 5.75 Å². The number of halogens is 1. The van der Waals surface area contributed by atoms with Crippen LogP contribution in [-0.2, 0) is 0 Å². The molecule has 0 aliphatic heterocycles. The van der Waals surface area contributed by atoms with Gasteiger partial charge in [0.25, 0.3) is 0 Å². The van der Waals surface area contributed by atoms with Gasteiger partial charge < -0.3 is 15.8 Å². The first-order chi connectivity index (χ1) is 6.63. The zero-order valence-corrected chi connectivity index (χ0v) is 8.47. The molecule has 0 aliphatic carbocycles. The fourth-order valence-electron chi connectivity index (χ4n) is 0.993. The number of primary amides is 1. The van der Waals surface area contributed by atoms with Gasteiger partial charge in [0.15, 0.2) is 0 Å². The predicted molar refractivity (Wildman–Crippen MR) is 55.8 cm³/mol. The average Bonchev–Trinajstić information content (AvgIpc) is 2.09. The first kappa shape index (κ1) is 10.7. The first-order valence-corrected chi connectivity index (χ1v) is 4.50. The van der Waals surface area contributed by atoms with Gasteiger partial charge in [0.05, 0.1) is 11.6 Å². The molecule has 0 radical (unpaired) electrons. The number of hydrogen-bond acceptors (Lipinski definition) is 2. The quantitative estimate of drug-likeness (QED) is 0.811. The van der Waals surface area contributed by atoms with Crippen molar-refractivity contribution < 1.29 is 9.53 Å². The molecule has 1 rings (SSSR count). The van der Waals surface area contributed by atoms with E-state index in [4.69, 9.17) is 22.1 Å². The van der Waals surface area contributed by atoms with Crippen molar-refractivity contribution in [3.8, 4) is 5.75 Å². The van der Waals surface area contributed by atoms with Gasteiger partial charge in [-0.3, -0.25) is 0 Å². The summed E-state index contributed by atoms with van der Waals surface area (Å²) in [6.07, 6.45) is 0. The fraction of sp³-hybridized carbons (Fsp3) is 0.222. The van der Waals surface area contributed by atoms with E-state index in [1.54, 1.807) is 18.2 Å². The van der Waals surface area contributed by atoms with Crippen LogP contribution in [0.2, 0.25) is 5.02 Å². The molecule has 5 heteroatoms. The summed E-state index contributed by atoms with van der Waals surface area (Å²) in [5.74, 6) is 0.587. The number of benzene rings is 1. The maximum atomic E-state index is 10.5. The Hall–Kier alpha value is -1.42. The predicted octanol–water partition coefficient (Wildman–Crippen LogP) is 2.23. The summed E-state index contributed by atoms with van der Waals surface area (Å²) >= 11 is 5.87. The summed E-state index contributed by atoms with van der Waals surface area (Å²) in [6.45, 7) is 2.41. The molecule has 1 aromatic carbocycles. The van der Waals surface area contributed by atoms with Crippen molar-refractivity contribution in [1.82, 2.24) is 0 Å². The second kappa shape index (κ2) is 4.72. The van der Waals surface area contributed by atoms with E-state index in [2.05, 4.69) is 5.32 Å². The number of amides is 2. The van der Waals surface area contributed by atoms with Crippen molar-refractivity contribution >= 4 is 23.3 Å². The molecule has 0 aliphatic rings. The fourth-order valence-corrected chi connectivity index (χ4v) is 1.23. The van der Waals surface area contributed by atoms with Crippen molar-refractivity contribution in [2.45, 2.75) is 6.92 Å². The number of nitrogens with two attached hydrogens (primary N) is 1. The molecule has 76 valence electrons. The van der Waals surface area contributed by atoms with Gasteiger partial charge in [-0.05, 0) is 25.1 Å². The Balaban J connectivity index is 2.83. The van der Waals surface area contributed by atoms with Gasteiger partial charge in [0, 0.05) is 5.69 Å². The second-order valence-electron chi connectivity index (χ2n) is 2.57. The van der Waals surface area contributed by atoms with E-state index in [0.717, 1.165) is 0 Å². The second-order valence-corrected chi connectivity index (χ2v) is 2.97. The average molecular weight is 215 g/mol. The minimum absolute atomic E-state index is 0.443. The largest absolute Gasteiger partial charge is 0.492 e. The SMILES string of the molecule is CCOc1ccc(NC(N)=O)cc1Cl. The van der Waals surface area contributed by atoms with Crippen molar-refractivity contribution in [3.05, 3.63) is 23.2 Å². The van der Waals surface area contributed by atoms with Gasteiger partial charge in [-0.1, -0.05) is 11.6 Å². The van der Waals surface area contributed by atoms with Gasteiger partial charge in [-0.2, -0.15) is 0 Å². The van der Waals surface area contributed by atoms with E-state index in [9.17, 15) is 4.79 Å². The third-order valence-corrected chi connectivity index (χ3v) is 1.79. The molecule has 0 fully saturated rings. The van der Waals surface area contributed by atoms with Crippen LogP contribution in [0.4, 0.5) is 10.5 Å². The lowest BCUT2D eigenvalue weighted by molar-refractivity contribution is 0.259. The number of carbonyl (C=O) groups excluding carboxylic acids is 1. The van der Waals surface area contributed by atoms with E-state index in [0.29, 0.717) is 23.1 Å². The summed E-state index contributed by atoms with van der Waals surface area (Å²) in [5, 5.41) is 2.86. The minimum Gasteiger partial charge on any atom is -0.492 e. The van der Waals surface area contributed by atoms with E-state index in [-0.39, 0.29) is 0 Å². The number of anilines is 1. The summed E-state index contributed by atoms with van der Waals surface area (Å²) in [4.78, 5) is 10.5. The van der Waals surface area contributed by atoms with Crippen molar-refractivity contribution in [3.63, 3.8) is 0 Å². The van der Waals surface area contributed by atoms with Crippen LogP contribution in [-0.4, -0.2) is 12.6 Å². The molecule has 2 amide bonds. The topological polar surface area (TPSA) is 64.3 Å². The van der Waals surface area contributed by atoms with Crippen LogP contribution >= 0.6 is 11.6 Å². The normalized spacial score (nSPS) is 9.57. The molecule has 0 bridgehead atoms. The molecular weight excluding hydrogens is 204 g/mol. The Kier molecular flexibility index (Phi) is 3.59. The van der Waals surface area contributed by atoms with Gasteiger partial charge in [-0.25, -0.2) is 4.79 Å². The molecule has 0 saturated carbocycles. The van der Waals surface area contributed by atoms with Crippen LogP contribution < -0.4 is 15.8 Å². The van der Waals surface area contributed by atoms with Crippen LogP contribution in [0.25, 0.3) is 0 Å². The van der Waals surface area contributed by atoms with Crippen LogP contribution in [0.5, 0.6) is 5.75 Å². The maximum Gasteiger partial charge on any atom is 0.316 e. The molecule has 0 heterocycles. The number of ether oxygens (including phenoxy) is 1. The van der Waals surface area contributed by atoms with E-state index in [1.165, 1.54) is 0 Å². The number of nitrogens with one attached hydrogen (secondary N) is 1. The summed E-state index contributed by atoms with van der Waals surface area (Å²) in [6, 6.07) is 4.31. The first-order valence-electron chi connectivity index (χ1n) is 4.12. The standard InChI is InChI=1S/C9H11ClN2O2/c1-2-14-8-4-3-6(5-7(8)10)12-9(11)13/h3-5H,2H2,1H3,(H3,11,12,13). The molecule has 0 aromatic heterocycles.